The lowest BCUT2D eigenvalue weighted by atomic mass is 10.4. The standard InChI is InChI=1S/C6N10O8/c17-15(18)7-3-1(9-23-11-3)5-13-22-6(14-21-5)2-4(8-16(19)20)12-24-10-2/q-2. The molecular weight excluding hydrogens is 340 g/mol. The van der Waals surface area contributed by atoms with E-state index in [1.54, 1.807) is 0 Å². The van der Waals surface area contributed by atoms with Crippen LogP contribution < -0.4 is 0 Å². The second kappa shape index (κ2) is 5.78. The first-order valence-electron chi connectivity index (χ1n) is 5.42. The van der Waals surface area contributed by atoms with Gasteiger partial charge in [-0.1, -0.05) is 10.3 Å². The Morgan fingerprint density at radius 3 is 1.50 bits per heavy atom. The minimum atomic E-state index is -1.05. The van der Waals surface area contributed by atoms with Crippen LogP contribution in [0.4, 0.5) is 11.6 Å². The molecule has 0 spiro atoms. The van der Waals surface area contributed by atoms with Crippen LogP contribution in [0.2, 0.25) is 0 Å². The highest BCUT2D eigenvalue weighted by Gasteiger charge is 2.24. The molecule has 0 saturated carbocycles. The zero-order chi connectivity index (χ0) is 17.1. The molecule has 3 rings (SSSR count). The third kappa shape index (κ3) is 2.81. The molecule has 3 heterocycles. The molecule has 18 nitrogen and oxygen atoms in total. The summed E-state index contributed by atoms with van der Waals surface area (Å²) < 4.78 is 8.54. The summed E-state index contributed by atoms with van der Waals surface area (Å²) >= 11 is 0. The van der Waals surface area contributed by atoms with E-state index in [4.69, 9.17) is 9.68 Å². The minimum Gasteiger partial charge on any atom is -0.348 e. The SMILES string of the molecule is O=[N+]([O-])[N-]c1nonc1C1=NOC(c2nonc2[N-][N+](=O)[O-])=NO1. The average molecular weight is 340 g/mol. The van der Waals surface area contributed by atoms with Crippen molar-refractivity contribution < 1.29 is 29.0 Å². The molecular formula is C6N10O8-2. The molecule has 0 aliphatic carbocycles. The Bertz CT molecular complexity index is 781. The van der Waals surface area contributed by atoms with Crippen LogP contribution in [-0.2, 0) is 9.68 Å². The smallest absolute Gasteiger partial charge is 0.313 e. The zero-order valence-electron chi connectivity index (χ0n) is 10.7. The van der Waals surface area contributed by atoms with Crippen molar-refractivity contribution >= 4 is 23.4 Å². The fraction of sp³-hybridized carbons (Fsp3) is 0. The van der Waals surface area contributed by atoms with Crippen molar-refractivity contribution in [3.63, 3.8) is 0 Å². The maximum Gasteiger partial charge on any atom is 0.313 e. The van der Waals surface area contributed by atoms with Crippen molar-refractivity contribution in [3.05, 3.63) is 42.5 Å². The van der Waals surface area contributed by atoms with E-state index in [1.165, 1.54) is 0 Å². The van der Waals surface area contributed by atoms with Crippen LogP contribution in [-0.4, -0.2) is 42.5 Å². The summed E-state index contributed by atoms with van der Waals surface area (Å²) in [6.45, 7) is 0. The number of hydrogen-bond donors (Lipinski definition) is 0. The molecule has 1 aliphatic heterocycles. The van der Waals surface area contributed by atoms with Gasteiger partial charge in [-0.05, 0) is 10.3 Å². The summed E-state index contributed by atoms with van der Waals surface area (Å²) in [5.74, 6) is -2.06. The van der Waals surface area contributed by atoms with Gasteiger partial charge in [0, 0.05) is 0 Å². The molecule has 2 aromatic heterocycles. The Balaban J connectivity index is 1.77. The van der Waals surface area contributed by atoms with Crippen molar-refractivity contribution in [3.8, 4) is 0 Å². The quantitative estimate of drug-likeness (QED) is 0.495. The van der Waals surface area contributed by atoms with Crippen LogP contribution in [0.15, 0.2) is 19.6 Å². The van der Waals surface area contributed by atoms with Gasteiger partial charge in [0.15, 0.2) is 11.4 Å². The van der Waals surface area contributed by atoms with E-state index in [2.05, 4.69) is 51.0 Å². The van der Waals surface area contributed by atoms with Crippen molar-refractivity contribution in [1.29, 1.82) is 0 Å². The summed E-state index contributed by atoms with van der Waals surface area (Å²) in [6, 6.07) is 0. The zero-order valence-corrected chi connectivity index (χ0v) is 10.7. The highest BCUT2D eigenvalue weighted by Crippen LogP contribution is 2.24. The Labute approximate surface area is 127 Å². The molecule has 0 aromatic carbocycles. The molecule has 1 aliphatic rings. The normalized spacial score (nSPS) is 13.2. The largest absolute Gasteiger partial charge is 0.348 e. The molecule has 0 atom stereocenters. The second-order valence-corrected chi connectivity index (χ2v) is 3.52. The molecule has 24 heavy (non-hydrogen) atoms. The lowest BCUT2D eigenvalue weighted by Crippen LogP contribution is -2.16. The van der Waals surface area contributed by atoms with Crippen LogP contribution in [0.25, 0.3) is 10.9 Å². The molecule has 0 unspecified atom stereocenters. The summed E-state index contributed by atoms with van der Waals surface area (Å²) in [5.41, 5.74) is 5.00. The number of hydrogen-bond acceptors (Lipinski definition) is 14. The van der Waals surface area contributed by atoms with Crippen LogP contribution in [0, 0.1) is 20.2 Å². The predicted molar refractivity (Wildman–Crippen MR) is 63.9 cm³/mol. The van der Waals surface area contributed by atoms with E-state index < -0.39 is 33.5 Å². The summed E-state index contributed by atoms with van der Waals surface area (Å²) in [7, 11) is 0. The number of nitro groups is 2. The van der Waals surface area contributed by atoms with Crippen molar-refractivity contribution in [2.24, 2.45) is 10.3 Å². The van der Waals surface area contributed by atoms with Crippen molar-refractivity contribution in [2.45, 2.75) is 0 Å². The number of nitrogens with zero attached hydrogens (tertiary/aromatic N) is 10. The van der Waals surface area contributed by atoms with Gasteiger partial charge in [0.2, 0.25) is 0 Å². The van der Waals surface area contributed by atoms with Gasteiger partial charge in [0.05, 0.1) is 21.7 Å². The minimum absolute atomic E-state index is 0.372. The van der Waals surface area contributed by atoms with Crippen molar-refractivity contribution in [1.82, 2.24) is 20.6 Å². The highest BCUT2D eigenvalue weighted by atomic mass is 16.7. The summed E-state index contributed by atoms with van der Waals surface area (Å²) in [4.78, 5) is 30.2. The van der Waals surface area contributed by atoms with Crippen molar-refractivity contribution in [2.75, 3.05) is 0 Å². The van der Waals surface area contributed by atoms with Gasteiger partial charge < -0.3 is 18.9 Å². The summed E-state index contributed by atoms with van der Waals surface area (Å²) in [6.07, 6.45) is 0. The number of aromatic nitrogens is 4. The van der Waals surface area contributed by atoms with Gasteiger partial charge in [-0.15, -0.1) is 10.9 Å². The number of oxime groups is 2. The molecule has 124 valence electrons. The van der Waals surface area contributed by atoms with Crippen LogP contribution in [0.1, 0.15) is 11.4 Å². The molecule has 0 radical (unpaired) electrons. The highest BCUT2D eigenvalue weighted by molar-refractivity contribution is 6.01. The third-order valence-corrected chi connectivity index (χ3v) is 2.13. The monoisotopic (exact) mass is 340 g/mol. The third-order valence-electron chi connectivity index (χ3n) is 2.13. The van der Waals surface area contributed by atoms with Gasteiger partial charge in [0.25, 0.3) is 0 Å². The second-order valence-electron chi connectivity index (χ2n) is 3.52. The lowest BCUT2D eigenvalue weighted by Gasteiger charge is -2.10. The van der Waals surface area contributed by atoms with E-state index in [0.29, 0.717) is 0 Å². The Morgan fingerprint density at radius 2 is 1.17 bits per heavy atom. The molecule has 0 saturated heterocycles. The van der Waals surface area contributed by atoms with E-state index in [1.807, 2.05) is 0 Å². The fourth-order valence-corrected chi connectivity index (χ4v) is 1.30. The lowest BCUT2D eigenvalue weighted by molar-refractivity contribution is -0.419. The summed E-state index contributed by atoms with van der Waals surface area (Å²) in [5, 5.41) is 38.3. The van der Waals surface area contributed by atoms with E-state index >= 15 is 0 Å². The molecule has 2 aromatic rings. The molecule has 0 amide bonds. The average Bonchev–Trinajstić information content (AvgIpc) is 3.16. The molecule has 0 bridgehead atoms. The molecule has 18 heteroatoms. The van der Waals surface area contributed by atoms with Gasteiger partial charge >= 0.3 is 11.8 Å². The fourth-order valence-electron chi connectivity index (χ4n) is 1.30. The number of rotatable bonds is 6. The Kier molecular flexibility index (Phi) is 3.51. The first kappa shape index (κ1) is 14.6. The topological polar surface area (TPSA) is 235 Å². The maximum absolute atomic E-state index is 10.3. The van der Waals surface area contributed by atoms with E-state index in [-0.39, 0.29) is 11.4 Å². The van der Waals surface area contributed by atoms with E-state index in [9.17, 15) is 20.2 Å². The van der Waals surface area contributed by atoms with Gasteiger partial charge in [-0.3, -0.25) is 30.5 Å². The Hall–Kier alpha value is -4.38. The first-order valence-corrected chi connectivity index (χ1v) is 5.42. The van der Waals surface area contributed by atoms with Gasteiger partial charge in [-0.2, -0.15) is 0 Å². The van der Waals surface area contributed by atoms with Crippen LogP contribution in [0.3, 0.4) is 0 Å². The Morgan fingerprint density at radius 1 is 0.750 bits per heavy atom. The van der Waals surface area contributed by atoms with Gasteiger partial charge in [-0.25, -0.2) is 0 Å². The van der Waals surface area contributed by atoms with Crippen LogP contribution in [0.5, 0.6) is 0 Å². The first-order chi connectivity index (χ1) is 11.5. The van der Waals surface area contributed by atoms with E-state index in [0.717, 1.165) is 0 Å². The maximum atomic E-state index is 10.3. The van der Waals surface area contributed by atoms with Gasteiger partial charge in [0.1, 0.15) is 0 Å². The molecule has 0 N–H and O–H groups in total. The predicted octanol–water partition coefficient (Wildman–Crippen LogP) is -0.0834. The molecule has 0 fully saturated rings. The van der Waals surface area contributed by atoms with Crippen LogP contribution >= 0.6 is 0 Å².